The first-order valence-electron chi connectivity index (χ1n) is 11.4. The third-order valence-corrected chi connectivity index (χ3v) is 6.30. The minimum absolute atomic E-state index is 0.209. The first kappa shape index (κ1) is 24.0. The first-order chi connectivity index (χ1) is 16.4. The maximum atomic E-state index is 11.1. The molecule has 3 atom stereocenters. The molecule has 10 heteroatoms. The summed E-state index contributed by atoms with van der Waals surface area (Å²) in [5.41, 5.74) is -0.0106. The van der Waals surface area contributed by atoms with Crippen molar-refractivity contribution in [3.63, 3.8) is 0 Å². The van der Waals surface area contributed by atoms with Gasteiger partial charge in [-0.3, -0.25) is 0 Å². The van der Waals surface area contributed by atoms with Crippen LogP contribution in [0.4, 0.5) is 11.8 Å². The second kappa shape index (κ2) is 10.0. The molecule has 2 aliphatic rings. The molecule has 4 rings (SSSR count). The average Bonchev–Trinajstić information content (AvgIpc) is 3.62. The van der Waals surface area contributed by atoms with E-state index in [-0.39, 0.29) is 13.0 Å². The molecule has 5 N–H and O–H groups in total. The summed E-state index contributed by atoms with van der Waals surface area (Å²) in [6.45, 7) is 2.38. The Balaban J connectivity index is 1.70. The highest BCUT2D eigenvalue weighted by atomic mass is 16.5. The van der Waals surface area contributed by atoms with Crippen LogP contribution in [0.2, 0.25) is 0 Å². The minimum Gasteiger partial charge on any atom is -0.481 e. The Kier molecular flexibility index (Phi) is 7.07. The molecule has 10 nitrogen and oxygen atoms in total. The Morgan fingerprint density at radius 1 is 1.12 bits per heavy atom. The van der Waals surface area contributed by atoms with Crippen molar-refractivity contribution in [3.05, 3.63) is 29.0 Å². The van der Waals surface area contributed by atoms with E-state index >= 15 is 0 Å². The molecule has 2 aromatic rings. The van der Waals surface area contributed by atoms with Gasteiger partial charge in [-0.2, -0.15) is 9.97 Å². The topological polar surface area (TPSA) is 142 Å². The number of aliphatic hydroxyl groups excluding tert-OH is 2. The van der Waals surface area contributed by atoms with Crippen LogP contribution in [0.15, 0.2) is 12.1 Å². The van der Waals surface area contributed by atoms with Crippen LogP contribution in [0.25, 0.3) is 0 Å². The van der Waals surface area contributed by atoms with Gasteiger partial charge in [-0.15, -0.1) is 0 Å². The molecule has 182 valence electrons. The standard InChI is InChI=1S/C24H31N5O5/c1-14-18(8-6-16-7-9-19(33-2)27-22(16)34-3)21(28-23(26-14)25-12-15-4-5-15)29-24(32)11-10-17(13-30)20(24)31/h7,9,15,17,20,30-32H,4-5,10-13H2,1-3H3,(H2,25,26,28,29)/t17-,20-,24-/m1/s1. The van der Waals surface area contributed by atoms with Gasteiger partial charge in [0.2, 0.25) is 17.7 Å². The van der Waals surface area contributed by atoms with Gasteiger partial charge < -0.3 is 35.4 Å². The van der Waals surface area contributed by atoms with E-state index < -0.39 is 17.7 Å². The Bertz CT molecular complexity index is 1100. The summed E-state index contributed by atoms with van der Waals surface area (Å²) in [4.78, 5) is 13.4. The van der Waals surface area contributed by atoms with E-state index in [1.54, 1.807) is 12.1 Å². The molecule has 2 aliphatic carbocycles. The van der Waals surface area contributed by atoms with Crippen LogP contribution in [0, 0.1) is 30.6 Å². The lowest BCUT2D eigenvalue weighted by atomic mass is 10.0. The number of pyridine rings is 1. The zero-order valence-electron chi connectivity index (χ0n) is 19.6. The third-order valence-electron chi connectivity index (χ3n) is 6.30. The molecule has 0 bridgehead atoms. The highest BCUT2D eigenvalue weighted by Crippen LogP contribution is 2.36. The summed E-state index contributed by atoms with van der Waals surface area (Å²) in [5, 5.41) is 37.5. The van der Waals surface area contributed by atoms with E-state index in [0.717, 1.165) is 6.54 Å². The highest BCUT2D eigenvalue weighted by Gasteiger charge is 2.47. The Morgan fingerprint density at radius 2 is 1.91 bits per heavy atom. The fraction of sp³-hybridized carbons (Fsp3) is 0.542. The second-order valence-electron chi connectivity index (χ2n) is 8.82. The molecule has 0 amide bonds. The van der Waals surface area contributed by atoms with Crippen molar-refractivity contribution in [1.82, 2.24) is 15.0 Å². The Hall–Kier alpha value is -3.13. The van der Waals surface area contributed by atoms with Gasteiger partial charge in [-0.05, 0) is 44.6 Å². The normalized spacial score (nSPS) is 23.7. The van der Waals surface area contributed by atoms with Gasteiger partial charge in [-0.25, -0.2) is 4.98 Å². The summed E-state index contributed by atoms with van der Waals surface area (Å²) < 4.78 is 10.5. The predicted molar refractivity (Wildman–Crippen MR) is 126 cm³/mol. The van der Waals surface area contributed by atoms with E-state index in [9.17, 15) is 15.3 Å². The van der Waals surface area contributed by atoms with Crippen LogP contribution in [-0.4, -0.2) is 69.5 Å². The maximum Gasteiger partial charge on any atom is 0.232 e. The zero-order valence-corrected chi connectivity index (χ0v) is 19.6. The smallest absolute Gasteiger partial charge is 0.232 e. The molecule has 2 aromatic heterocycles. The number of nitrogens with one attached hydrogen (secondary N) is 2. The molecule has 0 unspecified atom stereocenters. The van der Waals surface area contributed by atoms with E-state index in [2.05, 4.69) is 37.4 Å². The van der Waals surface area contributed by atoms with Gasteiger partial charge in [0.1, 0.15) is 11.9 Å². The lowest BCUT2D eigenvalue weighted by molar-refractivity contribution is -0.0545. The number of ether oxygens (including phenoxy) is 2. The van der Waals surface area contributed by atoms with E-state index in [0.29, 0.717) is 52.7 Å². The van der Waals surface area contributed by atoms with Crippen molar-refractivity contribution in [3.8, 4) is 23.6 Å². The lowest BCUT2D eigenvalue weighted by Crippen LogP contribution is -2.48. The minimum atomic E-state index is -1.64. The summed E-state index contributed by atoms with van der Waals surface area (Å²) >= 11 is 0. The van der Waals surface area contributed by atoms with Crippen LogP contribution in [0.3, 0.4) is 0 Å². The molecule has 34 heavy (non-hydrogen) atoms. The largest absolute Gasteiger partial charge is 0.481 e. The van der Waals surface area contributed by atoms with Crippen molar-refractivity contribution in [2.45, 2.75) is 44.4 Å². The Labute approximate surface area is 198 Å². The summed E-state index contributed by atoms with van der Waals surface area (Å²) in [6, 6.07) is 3.43. The van der Waals surface area contributed by atoms with Gasteiger partial charge >= 0.3 is 0 Å². The zero-order chi connectivity index (χ0) is 24.3. The fourth-order valence-electron chi connectivity index (χ4n) is 4.00. The number of rotatable bonds is 8. The monoisotopic (exact) mass is 469 g/mol. The van der Waals surface area contributed by atoms with E-state index in [1.807, 2.05) is 6.92 Å². The molecular weight excluding hydrogens is 438 g/mol. The van der Waals surface area contributed by atoms with Crippen LogP contribution in [0.1, 0.15) is 42.5 Å². The van der Waals surface area contributed by atoms with Crippen LogP contribution in [-0.2, 0) is 0 Å². The number of methoxy groups -OCH3 is 2. The number of aryl methyl sites for hydroxylation is 1. The van der Waals surface area contributed by atoms with Crippen LogP contribution >= 0.6 is 0 Å². The molecule has 0 spiro atoms. The maximum absolute atomic E-state index is 11.1. The van der Waals surface area contributed by atoms with Crippen LogP contribution < -0.4 is 20.1 Å². The Morgan fingerprint density at radius 3 is 2.56 bits per heavy atom. The summed E-state index contributed by atoms with van der Waals surface area (Å²) in [6.07, 6.45) is 1.96. The second-order valence-corrected chi connectivity index (χ2v) is 8.82. The van der Waals surface area contributed by atoms with Crippen molar-refractivity contribution < 1.29 is 24.8 Å². The number of hydrogen-bond donors (Lipinski definition) is 5. The number of aliphatic hydroxyl groups is 3. The molecule has 0 radical (unpaired) electrons. The molecular formula is C24H31N5O5. The summed E-state index contributed by atoms with van der Waals surface area (Å²) in [7, 11) is 3.03. The average molecular weight is 470 g/mol. The van der Waals surface area contributed by atoms with Gasteiger partial charge in [0.15, 0.2) is 5.72 Å². The van der Waals surface area contributed by atoms with Gasteiger partial charge in [0.05, 0.1) is 31.0 Å². The van der Waals surface area contributed by atoms with Crippen molar-refractivity contribution in [2.24, 2.45) is 11.8 Å². The van der Waals surface area contributed by atoms with Crippen LogP contribution in [0.5, 0.6) is 11.8 Å². The molecule has 2 saturated carbocycles. The number of hydrogen-bond acceptors (Lipinski definition) is 10. The predicted octanol–water partition coefficient (Wildman–Crippen LogP) is 1.28. The third kappa shape index (κ3) is 5.17. The number of anilines is 2. The van der Waals surface area contributed by atoms with Gasteiger partial charge in [0, 0.05) is 25.1 Å². The van der Waals surface area contributed by atoms with E-state index in [1.165, 1.54) is 27.1 Å². The molecule has 0 aliphatic heterocycles. The molecule has 0 saturated heterocycles. The fourth-order valence-corrected chi connectivity index (χ4v) is 4.00. The lowest BCUT2D eigenvalue weighted by Gasteiger charge is -2.30. The van der Waals surface area contributed by atoms with E-state index in [4.69, 9.17) is 9.47 Å². The van der Waals surface area contributed by atoms with Crippen molar-refractivity contribution in [2.75, 3.05) is 38.0 Å². The van der Waals surface area contributed by atoms with Crippen molar-refractivity contribution in [1.29, 1.82) is 0 Å². The number of aromatic nitrogens is 3. The quantitative estimate of drug-likeness (QED) is 0.283. The van der Waals surface area contributed by atoms with Crippen molar-refractivity contribution >= 4 is 11.8 Å². The number of nitrogens with zero attached hydrogens (tertiary/aromatic N) is 3. The highest BCUT2D eigenvalue weighted by molar-refractivity contribution is 5.61. The van der Waals surface area contributed by atoms with Gasteiger partial charge in [-0.1, -0.05) is 11.8 Å². The first-order valence-corrected chi connectivity index (χ1v) is 11.4. The SMILES string of the molecule is COc1ccc(C#Cc2c(C)nc(NCC3CC3)nc2N[C@@]2(O)CC[C@H](CO)[C@H]2O)c(OC)n1. The van der Waals surface area contributed by atoms with Gasteiger partial charge in [0.25, 0.3) is 0 Å². The molecule has 0 aromatic carbocycles. The molecule has 2 fully saturated rings. The molecule has 2 heterocycles. The summed E-state index contributed by atoms with van der Waals surface area (Å²) in [5.74, 6) is 7.79.